The van der Waals surface area contributed by atoms with Gasteiger partial charge in [-0.3, -0.25) is 10.1 Å². The molecule has 0 unspecified atom stereocenters. The molecule has 0 saturated heterocycles. The van der Waals surface area contributed by atoms with E-state index in [1.54, 1.807) is 23.5 Å². The Morgan fingerprint density at radius 2 is 2.17 bits per heavy atom. The van der Waals surface area contributed by atoms with Crippen LogP contribution in [0.15, 0.2) is 47.2 Å². The van der Waals surface area contributed by atoms with E-state index in [0.29, 0.717) is 10.7 Å². The second-order valence-corrected chi connectivity index (χ2v) is 6.72. The molecule has 0 aliphatic heterocycles. The van der Waals surface area contributed by atoms with Gasteiger partial charge in [0.15, 0.2) is 5.13 Å². The Bertz CT molecular complexity index is 859. The largest absolute Gasteiger partial charge is 0.298 e. The molecule has 2 aromatic heterocycles. The van der Waals surface area contributed by atoms with E-state index >= 15 is 0 Å². The first-order chi connectivity index (χ1) is 11.1. The summed E-state index contributed by atoms with van der Waals surface area (Å²) in [6.07, 6.45) is 2.92. The molecule has 0 saturated carbocycles. The van der Waals surface area contributed by atoms with Crippen LogP contribution in [0.25, 0.3) is 16.6 Å². The van der Waals surface area contributed by atoms with E-state index in [1.807, 2.05) is 22.9 Å². The highest BCUT2D eigenvalue weighted by Crippen LogP contribution is 2.28. The Balaban J connectivity index is 1.65. The predicted molar refractivity (Wildman–Crippen MR) is 94.5 cm³/mol. The molecule has 7 heteroatoms. The zero-order valence-electron chi connectivity index (χ0n) is 11.6. The highest BCUT2D eigenvalue weighted by atomic mass is 35.5. The highest BCUT2D eigenvalue weighted by molar-refractivity contribution is 7.16. The zero-order chi connectivity index (χ0) is 16.2. The molecular weight excluding hydrogens is 355 g/mol. The number of benzene rings is 1. The fraction of sp³-hybridized carbons (Fsp3) is 0. The lowest BCUT2D eigenvalue weighted by molar-refractivity contribution is -0.111. The van der Waals surface area contributed by atoms with Crippen LogP contribution in [0.5, 0.6) is 0 Å². The van der Waals surface area contributed by atoms with Crippen molar-refractivity contribution < 1.29 is 9.18 Å². The number of anilines is 1. The molecule has 0 spiro atoms. The van der Waals surface area contributed by atoms with Crippen molar-refractivity contribution in [3.05, 3.63) is 63.6 Å². The molecule has 3 aromatic rings. The standard InChI is InChI=1S/C16H10ClFN2OS2/c17-11-8-10(3-5-12(11)18)4-6-15(21)20-16-19-13(9-23-16)14-2-1-7-22-14/h1-9H,(H,19,20,21)/b6-4+. The third-order valence-electron chi connectivity index (χ3n) is 2.88. The van der Waals surface area contributed by atoms with Gasteiger partial charge >= 0.3 is 0 Å². The van der Waals surface area contributed by atoms with Gasteiger partial charge in [0.25, 0.3) is 0 Å². The minimum absolute atomic E-state index is 0.0214. The lowest BCUT2D eigenvalue weighted by atomic mass is 10.2. The smallest absolute Gasteiger partial charge is 0.250 e. The van der Waals surface area contributed by atoms with Crippen LogP contribution in [-0.2, 0) is 4.79 Å². The number of thiazole rings is 1. The Kier molecular flexibility index (Phi) is 4.85. The van der Waals surface area contributed by atoms with Crippen molar-refractivity contribution in [3.8, 4) is 10.6 Å². The minimum atomic E-state index is -0.489. The predicted octanol–water partition coefficient (Wildman–Crippen LogP) is 5.32. The molecule has 1 N–H and O–H groups in total. The monoisotopic (exact) mass is 364 g/mol. The lowest BCUT2D eigenvalue weighted by Gasteiger charge is -1.98. The van der Waals surface area contributed by atoms with Crippen molar-refractivity contribution in [1.29, 1.82) is 0 Å². The summed E-state index contributed by atoms with van der Waals surface area (Å²) in [5, 5.41) is 7.12. The number of carbonyl (C=O) groups excluding carboxylic acids is 1. The van der Waals surface area contributed by atoms with E-state index in [9.17, 15) is 9.18 Å². The van der Waals surface area contributed by atoms with Crippen LogP contribution >= 0.6 is 34.3 Å². The summed E-state index contributed by atoms with van der Waals surface area (Å²) in [6.45, 7) is 0. The van der Waals surface area contributed by atoms with Gasteiger partial charge in [0, 0.05) is 11.5 Å². The van der Waals surface area contributed by atoms with Gasteiger partial charge in [0.1, 0.15) is 5.82 Å². The van der Waals surface area contributed by atoms with Gasteiger partial charge in [-0.05, 0) is 35.2 Å². The van der Waals surface area contributed by atoms with Gasteiger partial charge < -0.3 is 0 Å². The summed E-state index contributed by atoms with van der Waals surface area (Å²) in [7, 11) is 0. The van der Waals surface area contributed by atoms with Crippen LogP contribution in [0.3, 0.4) is 0 Å². The van der Waals surface area contributed by atoms with Gasteiger partial charge in [-0.15, -0.1) is 22.7 Å². The number of hydrogen-bond donors (Lipinski definition) is 1. The third-order valence-corrected chi connectivity index (χ3v) is 4.82. The number of nitrogens with one attached hydrogen (secondary N) is 1. The number of nitrogens with zero attached hydrogens (tertiary/aromatic N) is 1. The topological polar surface area (TPSA) is 42.0 Å². The summed E-state index contributed by atoms with van der Waals surface area (Å²) in [5.74, 6) is -0.797. The Hall–Kier alpha value is -2.02. The maximum atomic E-state index is 13.1. The normalized spacial score (nSPS) is 11.0. The van der Waals surface area contributed by atoms with E-state index in [0.717, 1.165) is 10.6 Å². The van der Waals surface area contributed by atoms with Crippen LogP contribution in [-0.4, -0.2) is 10.9 Å². The summed E-state index contributed by atoms with van der Waals surface area (Å²) in [6, 6.07) is 8.19. The second kappa shape index (κ2) is 7.04. The fourth-order valence-electron chi connectivity index (χ4n) is 1.80. The molecule has 0 aliphatic carbocycles. The number of rotatable bonds is 4. The lowest BCUT2D eigenvalue weighted by Crippen LogP contribution is -2.07. The highest BCUT2D eigenvalue weighted by Gasteiger charge is 2.07. The maximum Gasteiger partial charge on any atom is 0.250 e. The van der Waals surface area contributed by atoms with E-state index in [2.05, 4.69) is 10.3 Å². The average molecular weight is 365 g/mol. The SMILES string of the molecule is O=C(/C=C/c1ccc(F)c(Cl)c1)Nc1nc(-c2cccs2)cs1. The number of amides is 1. The van der Waals surface area contributed by atoms with E-state index in [4.69, 9.17) is 11.6 Å². The van der Waals surface area contributed by atoms with Crippen molar-refractivity contribution in [1.82, 2.24) is 4.98 Å². The number of carbonyl (C=O) groups is 1. The Labute approximate surface area is 145 Å². The summed E-state index contributed by atoms with van der Waals surface area (Å²) >= 11 is 8.65. The van der Waals surface area contributed by atoms with Gasteiger partial charge in [0.05, 0.1) is 15.6 Å². The van der Waals surface area contributed by atoms with Gasteiger partial charge in [-0.2, -0.15) is 0 Å². The molecule has 1 amide bonds. The summed E-state index contributed by atoms with van der Waals surface area (Å²) in [4.78, 5) is 17.3. The first-order valence-corrected chi connectivity index (χ1v) is 8.69. The molecule has 0 atom stereocenters. The fourth-order valence-corrected chi connectivity index (χ4v) is 3.47. The molecular formula is C16H10ClFN2OS2. The van der Waals surface area contributed by atoms with Gasteiger partial charge in [-0.25, -0.2) is 9.37 Å². The second-order valence-electron chi connectivity index (χ2n) is 4.51. The van der Waals surface area contributed by atoms with Crippen molar-refractivity contribution in [3.63, 3.8) is 0 Å². The Morgan fingerprint density at radius 1 is 1.30 bits per heavy atom. The van der Waals surface area contributed by atoms with Crippen LogP contribution in [0, 0.1) is 5.82 Å². The molecule has 3 rings (SSSR count). The first-order valence-electron chi connectivity index (χ1n) is 6.55. The number of halogens is 2. The van der Waals surface area contributed by atoms with Crippen molar-refractivity contribution in [2.75, 3.05) is 5.32 Å². The number of hydrogen-bond acceptors (Lipinski definition) is 4. The van der Waals surface area contributed by atoms with Crippen LogP contribution in [0.4, 0.5) is 9.52 Å². The number of aromatic nitrogens is 1. The number of thiophene rings is 1. The van der Waals surface area contributed by atoms with Crippen LogP contribution in [0.2, 0.25) is 5.02 Å². The zero-order valence-corrected chi connectivity index (χ0v) is 14.0. The Morgan fingerprint density at radius 3 is 2.91 bits per heavy atom. The van der Waals surface area contributed by atoms with E-state index in [1.165, 1.54) is 29.5 Å². The third kappa shape index (κ3) is 4.04. The first kappa shape index (κ1) is 15.9. The summed E-state index contributed by atoms with van der Waals surface area (Å²) in [5.41, 5.74) is 1.49. The van der Waals surface area contributed by atoms with E-state index < -0.39 is 5.82 Å². The van der Waals surface area contributed by atoms with Gasteiger partial charge in [0.2, 0.25) is 5.91 Å². The van der Waals surface area contributed by atoms with Crippen molar-refractivity contribution >= 4 is 51.4 Å². The van der Waals surface area contributed by atoms with Crippen LogP contribution in [0.1, 0.15) is 5.56 Å². The van der Waals surface area contributed by atoms with Crippen molar-refractivity contribution in [2.45, 2.75) is 0 Å². The molecule has 0 radical (unpaired) electrons. The van der Waals surface area contributed by atoms with Crippen molar-refractivity contribution in [2.24, 2.45) is 0 Å². The quantitative estimate of drug-likeness (QED) is 0.637. The molecule has 0 fully saturated rings. The average Bonchev–Trinajstić information content (AvgIpc) is 3.19. The molecule has 2 heterocycles. The molecule has 0 aliphatic rings. The minimum Gasteiger partial charge on any atom is -0.298 e. The van der Waals surface area contributed by atoms with E-state index in [-0.39, 0.29) is 10.9 Å². The molecule has 3 nitrogen and oxygen atoms in total. The molecule has 1 aromatic carbocycles. The molecule has 116 valence electrons. The maximum absolute atomic E-state index is 13.1. The van der Waals surface area contributed by atoms with Gasteiger partial charge in [-0.1, -0.05) is 23.7 Å². The molecule has 23 heavy (non-hydrogen) atoms. The molecule has 0 bridgehead atoms. The summed E-state index contributed by atoms with van der Waals surface area (Å²) < 4.78 is 13.1. The van der Waals surface area contributed by atoms with Crippen LogP contribution < -0.4 is 5.32 Å².